The quantitative estimate of drug-likeness (QED) is 0.673. The molecular weight excluding hydrogens is 316 g/mol. The normalized spacial score (nSPS) is 12.1. The molecule has 0 aliphatic rings. The van der Waals surface area contributed by atoms with E-state index in [1.807, 2.05) is 11.4 Å². The summed E-state index contributed by atoms with van der Waals surface area (Å²) in [5, 5.41) is 3.25. The van der Waals surface area contributed by atoms with Gasteiger partial charge in [0.15, 0.2) is 0 Å². The number of aromatic nitrogens is 1. The molecule has 2 N–H and O–H groups in total. The maximum atomic E-state index is 11.4. The Bertz CT molecular complexity index is 590. The molecule has 2 aromatic rings. The molecule has 0 radical (unpaired) electrons. The molecule has 1 atom stereocenters. The van der Waals surface area contributed by atoms with E-state index in [0.29, 0.717) is 10.7 Å². The molecule has 0 aliphatic heterocycles. The number of esters is 1. The number of nitrogen functional groups attached to an aromatic ring is 1. The van der Waals surface area contributed by atoms with Crippen LogP contribution in [0, 0.1) is 0 Å². The molecular formula is C13H13ClN2O2S2. The molecule has 106 valence electrons. The summed E-state index contributed by atoms with van der Waals surface area (Å²) in [6.45, 7) is 0. The number of halogens is 1. The minimum Gasteiger partial charge on any atom is -0.468 e. The Morgan fingerprint density at radius 2 is 2.40 bits per heavy atom. The van der Waals surface area contributed by atoms with Gasteiger partial charge in [-0.1, -0.05) is 11.6 Å². The summed E-state index contributed by atoms with van der Waals surface area (Å²) in [7, 11) is 1.37. The van der Waals surface area contributed by atoms with Crippen molar-refractivity contribution in [1.82, 2.24) is 4.98 Å². The SMILES string of the molecule is COC(=O)CSC(c1nccs1)c1cc(Cl)ccc1N. The number of ether oxygens (including phenoxy) is 1. The number of carbonyl (C=O) groups excluding carboxylic acids is 1. The molecule has 0 saturated carbocycles. The summed E-state index contributed by atoms with van der Waals surface area (Å²) in [6, 6.07) is 5.31. The van der Waals surface area contributed by atoms with Crippen LogP contribution in [-0.4, -0.2) is 23.8 Å². The van der Waals surface area contributed by atoms with Gasteiger partial charge in [-0.3, -0.25) is 4.79 Å². The van der Waals surface area contributed by atoms with Crippen LogP contribution in [0.25, 0.3) is 0 Å². The van der Waals surface area contributed by atoms with E-state index in [1.165, 1.54) is 30.2 Å². The number of hydrogen-bond donors (Lipinski definition) is 1. The summed E-state index contributed by atoms with van der Waals surface area (Å²) >= 11 is 8.98. The first-order chi connectivity index (χ1) is 9.61. The number of carbonyl (C=O) groups is 1. The number of anilines is 1. The van der Waals surface area contributed by atoms with Gasteiger partial charge in [-0.25, -0.2) is 4.98 Å². The first-order valence-corrected chi connectivity index (χ1v) is 8.05. The van der Waals surface area contributed by atoms with Crippen LogP contribution in [0.1, 0.15) is 15.8 Å². The smallest absolute Gasteiger partial charge is 0.315 e. The number of methoxy groups -OCH3 is 1. The Kier molecular flexibility index (Phi) is 5.28. The highest BCUT2D eigenvalue weighted by Crippen LogP contribution is 2.40. The summed E-state index contributed by atoms with van der Waals surface area (Å²) in [4.78, 5) is 15.7. The van der Waals surface area contributed by atoms with Crippen LogP contribution in [0.2, 0.25) is 5.02 Å². The standard InChI is InChI=1S/C13H13ClN2O2S2/c1-18-11(17)7-20-12(13-16-4-5-19-13)9-6-8(14)2-3-10(9)15/h2-6,12H,7,15H2,1H3. The maximum Gasteiger partial charge on any atom is 0.315 e. The van der Waals surface area contributed by atoms with Gasteiger partial charge in [0, 0.05) is 22.3 Å². The monoisotopic (exact) mass is 328 g/mol. The van der Waals surface area contributed by atoms with Crippen molar-refractivity contribution in [3.05, 3.63) is 45.4 Å². The van der Waals surface area contributed by atoms with Gasteiger partial charge in [-0.05, 0) is 23.8 Å². The van der Waals surface area contributed by atoms with Gasteiger partial charge in [0.1, 0.15) is 5.01 Å². The van der Waals surface area contributed by atoms with Gasteiger partial charge in [0.2, 0.25) is 0 Å². The first-order valence-electron chi connectivity index (χ1n) is 5.74. The van der Waals surface area contributed by atoms with Crippen molar-refractivity contribution in [2.24, 2.45) is 0 Å². The van der Waals surface area contributed by atoms with E-state index in [-0.39, 0.29) is 17.0 Å². The fourth-order valence-corrected chi connectivity index (χ4v) is 3.83. The Morgan fingerprint density at radius 1 is 1.60 bits per heavy atom. The second-order valence-corrected chi connectivity index (χ2v) is 6.37. The molecule has 0 amide bonds. The van der Waals surface area contributed by atoms with E-state index in [4.69, 9.17) is 17.3 Å². The molecule has 4 nitrogen and oxygen atoms in total. The summed E-state index contributed by atoms with van der Waals surface area (Å²) in [5.74, 6) is -0.0515. The zero-order valence-corrected chi connectivity index (χ0v) is 13.1. The molecule has 1 unspecified atom stereocenters. The predicted molar refractivity (Wildman–Crippen MR) is 84.3 cm³/mol. The van der Waals surface area contributed by atoms with Crippen molar-refractivity contribution in [1.29, 1.82) is 0 Å². The lowest BCUT2D eigenvalue weighted by Gasteiger charge is -2.16. The van der Waals surface area contributed by atoms with Crippen molar-refractivity contribution in [3.8, 4) is 0 Å². The van der Waals surface area contributed by atoms with Crippen molar-refractivity contribution in [2.45, 2.75) is 5.25 Å². The van der Waals surface area contributed by atoms with Crippen LogP contribution in [0.3, 0.4) is 0 Å². The largest absolute Gasteiger partial charge is 0.468 e. The minimum atomic E-state index is -0.280. The molecule has 1 aromatic heterocycles. The fraction of sp³-hybridized carbons (Fsp3) is 0.231. The predicted octanol–water partition coefficient (Wildman–Crippen LogP) is 3.37. The van der Waals surface area contributed by atoms with Crippen molar-refractivity contribution in [3.63, 3.8) is 0 Å². The molecule has 0 fully saturated rings. The van der Waals surface area contributed by atoms with Crippen molar-refractivity contribution in [2.75, 3.05) is 18.6 Å². The van der Waals surface area contributed by atoms with Gasteiger partial charge in [0.05, 0.1) is 18.1 Å². The van der Waals surface area contributed by atoms with Gasteiger partial charge in [0.25, 0.3) is 0 Å². The van der Waals surface area contributed by atoms with E-state index < -0.39 is 0 Å². The number of thioether (sulfide) groups is 1. The zero-order chi connectivity index (χ0) is 14.5. The molecule has 20 heavy (non-hydrogen) atoms. The summed E-state index contributed by atoms with van der Waals surface area (Å²) in [6.07, 6.45) is 1.73. The second-order valence-electron chi connectivity index (χ2n) is 3.91. The maximum absolute atomic E-state index is 11.4. The van der Waals surface area contributed by atoms with Crippen LogP contribution < -0.4 is 5.73 Å². The average molecular weight is 329 g/mol. The van der Waals surface area contributed by atoms with Gasteiger partial charge < -0.3 is 10.5 Å². The third-order valence-corrected chi connectivity index (χ3v) is 5.04. The first kappa shape index (κ1) is 15.2. The van der Waals surface area contributed by atoms with Crippen molar-refractivity contribution >= 4 is 46.4 Å². The molecule has 2 rings (SSSR count). The van der Waals surface area contributed by atoms with E-state index in [0.717, 1.165) is 10.6 Å². The Balaban J connectivity index is 2.31. The van der Waals surface area contributed by atoms with E-state index in [9.17, 15) is 4.79 Å². The minimum absolute atomic E-state index is 0.132. The third kappa shape index (κ3) is 3.65. The van der Waals surface area contributed by atoms with Crippen LogP contribution in [0.4, 0.5) is 5.69 Å². The fourth-order valence-electron chi connectivity index (χ4n) is 1.64. The number of hydrogen-bond acceptors (Lipinski definition) is 6. The summed E-state index contributed by atoms with van der Waals surface area (Å²) in [5.41, 5.74) is 7.52. The lowest BCUT2D eigenvalue weighted by atomic mass is 10.1. The number of nitrogens with two attached hydrogens (primary N) is 1. The van der Waals surface area contributed by atoms with Gasteiger partial charge in [-0.2, -0.15) is 0 Å². The molecule has 0 saturated heterocycles. The molecule has 7 heteroatoms. The second kappa shape index (κ2) is 6.97. The topological polar surface area (TPSA) is 65.2 Å². The Morgan fingerprint density at radius 3 is 3.05 bits per heavy atom. The highest BCUT2D eigenvalue weighted by Gasteiger charge is 2.21. The van der Waals surface area contributed by atoms with E-state index in [2.05, 4.69) is 9.72 Å². The Labute approximate surface area is 130 Å². The van der Waals surface area contributed by atoms with E-state index in [1.54, 1.807) is 18.3 Å². The molecule has 0 spiro atoms. The van der Waals surface area contributed by atoms with Crippen LogP contribution in [-0.2, 0) is 9.53 Å². The van der Waals surface area contributed by atoms with Crippen LogP contribution in [0.5, 0.6) is 0 Å². The highest BCUT2D eigenvalue weighted by molar-refractivity contribution is 8.00. The van der Waals surface area contributed by atoms with Gasteiger partial charge in [-0.15, -0.1) is 23.1 Å². The number of thiazole rings is 1. The number of nitrogens with zero attached hydrogens (tertiary/aromatic N) is 1. The summed E-state index contributed by atoms with van der Waals surface area (Å²) < 4.78 is 4.67. The molecule has 1 heterocycles. The number of benzene rings is 1. The molecule has 0 aliphatic carbocycles. The van der Waals surface area contributed by atoms with Crippen LogP contribution in [0.15, 0.2) is 29.8 Å². The third-order valence-electron chi connectivity index (χ3n) is 2.60. The average Bonchev–Trinajstić information content (AvgIpc) is 2.96. The molecule has 1 aromatic carbocycles. The van der Waals surface area contributed by atoms with E-state index >= 15 is 0 Å². The zero-order valence-electron chi connectivity index (χ0n) is 10.7. The highest BCUT2D eigenvalue weighted by atomic mass is 35.5. The lowest BCUT2D eigenvalue weighted by molar-refractivity contribution is -0.137. The Hall–Kier alpha value is -1.24. The lowest BCUT2D eigenvalue weighted by Crippen LogP contribution is -2.08. The van der Waals surface area contributed by atoms with Crippen molar-refractivity contribution < 1.29 is 9.53 Å². The van der Waals surface area contributed by atoms with Crippen LogP contribution >= 0.6 is 34.7 Å². The number of rotatable bonds is 5. The molecule has 0 bridgehead atoms. The van der Waals surface area contributed by atoms with Gasteiger partial charge >= 0.3 is 5.97 Å².